The van der Waals surface area contributed by atoms with Crippen LogP contribution in [0.1, 0.15) is 24.8 Å². The number of nitrogens with one attached hydrogen (secondary N) is 1. The van der Waals surface area contributed by atoms with Gasteiger partial charge in [-0.3, -0.25) is 4.79 Å². The van der Waals surface area contributed by atoms with Crippen LogP contribution in [0.2, 0.25) is 5.02 Å². The summed E-state index contributed by atoms with van der Waals surface area (Å²) in [6, 6.07) is 4.73. The van der Waals surface area contributed by atoms with Crippen LogP contribution in [0.4, 0.5) is 4.39 Å². The Morgan fingerprint density at radius 3 is 2.87 bits per heavy atom. The van der Waals surface area contributed by atoms with E-state index in [-0.39, 0.29) is 11.7 Å². The average Bonchev–Trinajstić information content (AvgIpc) is 2.52. The second-order valence-electron chi connectivity index (χ2n) is 6.05. The quantitative estimate of drug-likeness (QED) is 0.756. The largest absolute Gasteiger partial charge is 0.355 e. The van der Waals surface area contributed by atoms with Crippen LogP contribution in [0.3, 0.4) is 0 Å². The molecular formula is C17H24ClFN2OS. The fraction of sp³-hybridized carbons (Fsp3) is 0.588. The highest BCUT2D eigenvalue weighted by atomic mass is 35.5. The first-order valence-corrected chi connectivity index (χ1v) is 9.55. The first-order chi connectivity index (χ1) is 11.1. The van der Waals surface area contributed by atoms with Crippen LogP contribution >= 0.6 is 23.4 Å². The van der Waals surface area contributed by atoms with Gasteiger partial charge in [-0.05, 0) is 51.0 Å². The summed E-state index contributed by atoms with van der Waals surface area (Å²) < 4.78 is 13.6. The Balaban J connectivity index is 1.59. The maximum absolute atomic E-state index is 13.6. The SMILES string of the molecule is CN1CCC(CC(=O)NCCSCc2c(F)cccc2Cl)CC1. The van der Waals surface area contributed by atoms with E-state index < -0.39 is 0 Å². The minimum Gasteiger partial charge on any atom is -0.355 e. The van der Waals surface area contributed by atoms with Gasteiger partial charge in [0.05, 0.1) is 0 Å². The van der Waals surface area contributed by atoms with Crippen molar-refractivity contribution in [2.75, 3.05) is 32.4 Å². The fourth-order valence-corrected chi connectivity index (χ4v) is 3.90. The fourth-order valence-electron chi connectivity index (χ4n) is 2.71. The highest BCUT2D eigenvalue weighted by molar-refractivity contribution is 7.98. The number of carbonyl (C=O) groups is 1. The number of hydrogen-bond donors (Lipinski definition) is 1. The van der Waals surface area contributed by atoms with Crippen LogP contribution in [0.15, 0.2) is 18.2 Å². The normalized spacial score (nSPS) is 16.5. The predicted molar refractivity (Wildman–Crippen MR) is 95.4 cm³/mol. The molecule has 3 nitrogen and oxygen atoms in total. The number of halogens is 2. The molecule has 1 N–H and O–H groups in total. The Morgan fingerprint density at radius 2 is 2.17 bits per heavy atom. The summed E-state index contributed by atoms with van der Waals surface area (Å²) in [5.41, 5.74) is 0.539. The van der Waals surface area contributed by atoms with Crippen molar-refractivity contribution in [3.63, 3.8) is 0 Å². The first kappa shape index (κ1) is 18.6. The lowest BCUT2D eigenvalue weighted by Gasteiger charge is -2.28. The standard InChI is InChI=1S/C17H24ClFN2OS/c1-21-8-5-13(6-9-21)11-17(22)20-7-10-23-12-14-15(18)3-2-4-16(14)19/h2-4,13H,5-12H2,1H3,(H,20,22). The van der Waals surface area contributed by atoms with Crippen molar-refractivity contribution in [2.45, 2.75) is 25.0 Å². The van der Waals surface area contributed by atoms with Crippen molar-refractivity contribution in [2.24, 2.45) is 5.92 Å². The van der Waals surface area contributed by atoms with Crippen LogP contribution in [-0.2, 0) is 10.5 Å². The molecule has 0 spiro atoms. The Bertz CT molecular complexity index is 501. The minimum atomic E-state index is -0.267. The van der Waals surface area contributed by atoms with Gasteiger partial charge in [-0.15, -0.1) is 0 Å². The molecule has 23 heavy (non-hydrogen) atoms. The first-order valence-electron chi connectivity index (χ1n) is 8.02. The van der Waals surface area contributed by atoms with E-state index in [1.165, 1.54) is 6.07 Å². The van der Waals surface area contributed by atoms with E-state index in [4.69, 9.17) is 11.6 Å². The Hall–Kier alpha value is -0.780. The minimum absolute atomic E-state index is 0.129. The monoisotopic (exact) mass is 358 g/mol. The molecule has 0 aromatic heterocycles. The molecule has 1 aliphatic heterocycles. The second kappa shape index (κ2) is 9.50. The van der Waals surface area contributed by atoms with Gasteiger partial charge < -0.3 is 10.2 Å². The van der Waals surface area contributed by atoms with E-state index in [0.29, 0.717) is 35.2 Å². The van der Waals surface area contributed by atoms with E-state index in [1.54, 1.807) is 23.9 Å². The number of amides is 1. The third kappa shape index (κ3) is 6.32. The third-order valence-electron chi connectivity index (χ3n) is 4.19. The zero-order chi connectivity index (χ0) is 16.7. The molecule has 0 saturated carbocycles. The number of carbonyl (C=O) groups excluding carboxylic acids is 1. The summed E-state index contributed by atoms with van der Waals surface area (Å²) in [7, 11) is 2.12. The third-order valence-corrected chi connectivity index (χ3v) is 5.53. The molecule has 0 unspecified atom stereocenters. The number of thioether (sulfide) groups is 1. The lowest BCUT2D eigenvalue weighted by atomic mass is 9.93. The van der Waals surface area contributed by atoms with Gasteiger partial charge in [0.25, 0.3) is 0 Å². The van der Waals surface area contributed by atoms with Crippen LogP contribution in [-0.4, -0.2) is 43.2 Å². The van der Waals surface area contributed by atoms with E-state index in [0.717, 1.165) is 31.7 Å². The molecule has 1 saturated heterocycles. The zero-order valence-electron chi connectivity index (χ0n) is 13.5. The Kier molecular flexibility index (Phi) is 7.66. The smallest absolute Gasteiger partial charge is 0.220 e. The molecule has 1 aliphatic rings. The number of nitrogens with zero attached hydrogens (tertiary/aromatic N) is 1. The van der Waals surface area contributed by atoms with E-state index >= 15 is 0 Å². The summed E-state index contributed by atoms with van der Waals surface area (Å²) in [6.45, 7) is 2.77. The number of piperidine rings is 1. The van der Waals surface area contributed by atoms with E-state index in [1.807, 2.05) is 0 Å². The van der Waals surface area contributed by atoms with Crippen LogP contribution < -0.4 is 5.32 Å². The van der Waals surface area contributed by atoms with E-state index in [9.17, 15) is 9.18 Å². The van der Waals surface area contributed by atoms with Crippen molar-refractivity contribution < 1.29 is 9.18 Å². The maximum Gasteiger partial charge on any atom is 0.220 e. The predicted octanol–water partition coefficient (Wildman–Crippen LogP) is 3.56. The van der Waals surface area contributed by atoms with Crippen LogP contribution in [0, 0.1) is 11.7 Å². The van der Waals surface area contributed by atoms with Crippen molar-refractivity contribution >= 4 is 29.3 Å². The molecule has 1 aromatic rings. The van der Waals surface area contributed by atoms with Gasteiger partial charge >= 0.3 is 0 Å². The number of rotatable bonds is 7. The molecular weight excluding hydrogens is 335 g/mol. The average molecular weight is 359 g/mol. The number of likely N-dealkylation sites (tertiary alicyclic amines) is 1. The number of benzene rings is 1. The topological polar surface area (TPSA) is 32.3 Å². The summed E-state index contributed by atoms with van der Waals surface area (Å²) in [4.78, 5) is 14.2. The molecule has 0 bridgehead atoms. The molecule has 1 aromatic carbocycles. The molecule has 2 rings (SSSR count). The number of hydrogen-bond acceptors (Lipinski definition) is 3. The van der Waals surface area contributed by atoms with Crippen LogP contribution in [0.5, 0.6) is 0 Å². The molecule has 0 aliphatic carbocycles. The Morgan fingerprint density at radius 1 is 1.43 bits per heavy atom. The lowest BCUT2D eigenvalue weighted by molar-refractivity contribution is -0.122. The highest BCUT2D eigenvalue weighted by Crippen LogP contribution is 2.23. The van der Waals surface area contributed by atoms with E-state index in [2.05, 4.69) is 17.3 Å². The van der Waals surface area contributed by atoms with Gasteiger partial charge in [-0.1, -0.05) is 17.7 Å². The van der Waals surface area contributed by atoms with Crippen molar-refractivity contribution in [3.05, 3.63) is 34.6 Å². The molecule has 1 fully saturated rings. The highest BCUT2D eigenvalue weighted by Gasteiger charge is 2.19. The second-order valence-corrected chi connectivity index (χ2v) is 7.57. The summed E-state index contributed by atoms with van der Waals surface area (Å²) in [6.07, 6.45) is 2.83. The molecule has 1 heterocycles. The molecule has 0 radical (unpaired) electrons. The van der Waals surface area contributed by atoms with Crippen LogP contribution in [0.25, 0.3) is 0 Å². The van der Waals surface area contributed by atoms with Crippen molar-refractivity contribution in [1.82, 2.24) is 10.2 Å². The molecule has 128 valence electrons. The summed E-state index contributed by atoms with van der Waals surface area (Å²) in [5.74, 6) is 1.65. The summed E-state index contributed by atoms with van der Waals surface area (Å²) in [5, 5.41) is 3.42. The zero-order valence-corrected chi connectivity index (χ0v) is 15.1. The van der Waals surface area contributed by atoms with Gasteiger partial charge in [0, 0.05) is 35.1 Å². The van der Waals surface area contributed by atoms with Crippen molar-refractivity contribution in [1.29, 1.82) is 0 Å². The van der Waals surface area contributed by atoms with Gasteiger partial charge in [-0.2, -0.15) is 11.8 Å². The molecule has 0 atom stereocenters. The molecule has 6 heteroatoms. The maximum atomic E-state index is 13.6. The van der Waals surface area contributed by atoms with Crippen molar-refractivity contribution in [3.8, 4) is 0 Å². The molecule has 1 amide bonds. The Labute approximate surface area is 147 Å². The van der Waals surface area contributed by atoms with Gasteiger partial charge in [0.15, 0.2) is 0 Å². The lowest BCUT2D eigenvalue weighted by Crippen LogP contribution is -2.34. The van der Waals surface area contributed by atoms with Gasteiger partial charge in [0.1, 0.15) is 5.82 Å². The summed E-state index contributed by atoms with van der Waals surface area (Å²) >= 11 is 7.56. The van der Waals surface area contributed by atoms with Gasteiger partial charge in [-0.25, -0.2) is 4.39 Å². The van der Waals surface area contributed by atoms with Gasteiger partial charge in [0.2, 0.25) is 5.91 Å².